The second-order valence-electron chi connectivity index (χ2n) is 7.61. The van der Waals surface area contributed by atoms with Gasteiger partial charge in [0.2, 0.25) is 11.3 Å². The van der Waals surface area contributed by atoms with E-state index in [4.69, 9.17) is 21.1 Å². The second kappa shape index (κ2) is 9.99. The van der Waals surface area contributed by atoms with Crippen molar-refractivity contribution >= 4 is 39.9 Å². The number of halogens is 2. The van der Waals surface area contributed by atoms with Crippen LogP contribution in [0.2, 0.25) is 5.02 Å². The number of amides is 1. The van der Waals surface area contributed by atoms with E-state index in [1.807, 2.05) is 0 Å². The first-order valence-electron chi connectivity index (χ1n) is 10.5. The smallest absolute Gasteiger partial charge is 0.244 e. The standard InChI is InChI=1S/C26H20ClFN2O5/c1-34-18-8-9-21(23(12-18)35-2)29-24(31)14-30-13-20(25(32)15-3-5-16(27)6-4-15)26(33)19-11-17(28)7-10-22(19)30/h3-13H,14H2,1-2H3,(H,29,31). The van der Waals surface area contributed by atoms with Gasteiger partial charge in [0, 0.05) is 28.2 Å². The van der Waals surface area contributed by atoms with Gasteiger partial charge in [0.15, 0.2) is 5.78 Å². The van der Waals surface area contributed by atoms with E-state index in [-0.39, 0.29) is 23.1 Å². The molecule has 0 atom stereocenters. The van der Waals surface area contributed by atoms with Crippen molar-refractivity contribution in [3.05, 3.63) is 99.1 Å². The summed E-state index contributed by atoms with van der Waals surface area (Å²) in [4.78, 5) is 39.1. The highest BCUT2D eigenvalue weighted by molar-refractivity contribution is 6.30. The molecule has 9 heteroatoms. The van der Waals surface area contributed by atoms with Gasteiger partial charge in [-0.05, 0) is 54.6 Å². The summed E-state index contributed by atoms with van der Waals surface area (Å²) in [5.74, 6) is -0.706. The summed E-state index contributed by atoms with van der Waals surface area (Å²) in [5.41, 5.74) is 0.127. The molecule has 1 N–H and O–H groups in total. The molecule has 1 heterocycles. The van der Waals surface area contributed by atoms with E-state index < -0.39 is 22.9 Å². The van der Waals surface area contributed by atoms with Crippen LogP contribution in [0.5, 0.6) is 11.5 Å². The summed E-state index contributed by atoms with van der Waals surface area (Å²) in [6.07, 6.45) is 1.31. The third kappa shape index (κ3) is 5.02. The van der Waals surface area contributed by atoms with Crippen LogP contribution in [0.1, 0.15) is 15.9 Å². The average molecular weight is 495 g/mol. The zero-order valence-corrected chi connectivity index (χ0v) is 19.6. The predicted molar refractivity (Wildman–Crippen MR) is 131 cm³/mol. The van der Waals surface area contributed by atoms with Crippen molar-refractivity contribution in [2.45, 2.75) is 6.54 Å². The number of fused-ring (bicyclic) bond motifs is 1. The van der Waals surface area contributed by atoms with Crippen LogP contribution in [0.25, 0.3) is 10.9 Å². The number of anilines is 1. The Kier molecular flexibility index (Phi) is 6.84. The Balaban J connectivity index is 1.73. The normalized spacial score (nSPS) is 10.7. The van der Waals surface area contributed by atoms with Crippen LogP contribution in [0.3, 0.4) is 0 Å². The predicted octanol–water partition coefficient (Wildman–Crippen LogP) is 4.68. The molecule has 3 aromatic carbocycles. The number of pyridine rings is 1. The monoisotopic (exact) mass is 494 g/mol. The molecule has 0 fully saturated rings. The maximum absolute atomic E-state index is 14.0. The van der Waals surface area contributed by atoms with Gasteiger partial charge in [-0.25, -0.2) is 4.39 Å². The molecule has 178 valence electrons. The number of benzene rings is 3. The minimum atomic E-state index is -0.635. The molecule has 0 radical (unpaired) electrons. The fraction of sp³-hybridized carbons (Fsp3) is 0.115. The van der Waals surface area contributed by atoms with Gasteiger partial charge in [-0.1, -0.05) is 11.6 Å². The van der Waals surface area contributed by atoms with E-state index in [1.54, 1.807) is 18.2 Å². The SMILES string of the molecule is COc1ccc(NC(=O)Cn2cc(C(=O)c3ccc(Cl)cc3)c(=O)c3cc(F)ccc32)c(OC)c1. The lowest BCUT2D eigenvalue weighted by molar-refractivity contribution is -0.116. The third-order valence-corrected chi connectivity index (χ3v) is 5.64. The van der Waals surface area contributed by atoms with E-state index in [1.165, 1.54) is 61.4 Å². The molecular formula is C26H20ClFN2O5. The van der Waals surface area contributed by atoms with Crippen molar-refractivity contribution in [3.63, 3.8) is 0 Å². The number of methoxy groups -OCH3 is 2. The van der Waals surface area contributed by atoms with Gasteiger partial charge in [0.05, 0.1) is 31.0 Å². The Morgan fingerprint density at radius 1 is 1.00 bits per heavy atom. The van der Waals surface area contributed by atoms with Gasteiger partial charge in [0.1, 0.15) is 23.9 Å². The molecule has 4 rings (SSSR count). The number of aromatic nitrogens is 1. The summed E-state index contributed by atoms with van der Waals surface area (Å²) in [5, 5.41) is 3.17. The van der Waals surface area contributed by atoms with E-state index in [9.17, 15) is 18.8 Å². The van der Waals surface area contributed by atoms with Crippen LogP contribution >= 0.6 is 11.6 Å². The Morgan fingerprint density at radius 3 is 2.43 bits per heavy atom. The van der Waals surface area contributed by atoms with Gasteiger partial charge >= 0.3 is 0 Å². The molecule has 0 aliphatic carbocycles. The highest BCUT2D eigenvalue weighted by atomic mass is 35.5. The number of ketones is 1. The first kappa shape index (κ1) is 24.0. The number of carbonyl (C=O) groups is 2. The molecule has 4 aromatic rings. The molecule has 7 nitrogen and oxygen atoms in total. The van der Waals surface area contributed by atoms with Crippen LogP contribution in [0.4, 0.5) is 10.1 Å². The van der Waals surface area contributed by atoms with E-state index in [2.05, 4.69) is 5.32 Å². The van der Waals surface area contributed by atoms with Gasteiger partial charge in [-0.2, -0.15) is 0 Å². The first-order valence-corrected chi connectivity index (χ1v) is 10.8. The summed E-state index contributed by atoms with van der Waals surface area (Å²) < 4.78 is 25.9. The van der Waals surface area contributed by atoms with Crippen LogP contribution < -0.4 is 20.2 Å². The topological polar surface area (TPSA) is 86.6 Å². The molecule has 0 aliphatic rings. The molecule has 0 saturated carbocycles. The number of hydrogen-bond donors (Lipinski definition) is 1. The highest BCUT2D eigenvalue weighted by Crippen LogP contribution is 2.29. The van der Waals surface area contributed by atoms with Crippen LogP contribution in [-0.2, 0) is 11.3 Å². The Hall–Kier alpha value is -4.17. The summed E-state index contributed by atoms with van der Waals surface area (Å²) in [7, 11) is 2.98. The van der Waals surface area contributed by atoms with Crippen molar-refractivity contribution in [1.29, 1.82) is 0 Å². The van der Waals surface area contributed by atoms with Crippen LogP contribution in [-0.4, -0.2) is 30.5 Å². The Labute approximate surface area is 204 Å². The molecule has 0 unspecified atom stereocenters. The number of ether oxygens (including phenoxy) is 2. The lowest BCUT2D eigenvalue weighted by Crippen LogP contribution is -2.24. The fourth-order valence-corrected chi connectivity index (χ4v) is 3.79. The van der Waals surface area contributed by atoms with Crippen LogP contribution in [0, 0.1) is 5.82 Å². The van der Waals surface area contributed by atoms with Crippen molar-refractivity contribution in [2.24, 2.45) is 0 Å². The first-order chi connectivity index (χ1) is 16.8. The number of rotatable bonds is 7. The summed E-state index contributed by atoms with van der Waals surface area (Å²) in [6, 6.07) is 14.6. The summed E-state index contributed by atoms with van der Waals surface area (Å²) in [6.45, 7) is -0.251. The minimum absolute atomic E-state index is 0.0142. The minimum Gasteiger partial charge on any atom is -0.497 e. The third-order valence-electron chi connectivity index (χ3n) is 5.39. The van der Waals surface area contributed by atoms with Gasteiger partial charge in [0.25, 0.3) is 0 Å². The lowest BCUT2D eigenvalue weighted by Gasteiger charge is -2.15. The van der Waals surface area contributed by atoms with Gasteiger partial charge in [-0.15, -0.1) is 0 Å². The molecule has 1 aromatic heterocycles. The molecular weight excluding hydrogens is 475 g/mol. The van der Waals surface area contributed by atoms with Gasteiger partial charge < -0.3 is 19.4 Å². The van der Waals surface area contributed by atoms with E-state index in [0.29, 0.717) is 27.7 Å². The van der Waals surface area contributed by atoms with Crippen molar-refractivity contribution in [2.75, 3.05) is 19.5 Å². The van der Waals surface area contributed by atoms with E-state index in [0.717, 1.165) is 6.07 Å². The van der Waals surface area contributed by atoms with Crippen LogP contribution in [0.15, 0.2) is 71.7 Å². The largest absolute Gasteiger partial charge is 0.497 e. The molecule has 1 amide bonds. The number of hydrogen-bond acceptors (Lipinski definition) is 5. The molecule has 0 bridgehead atoms. The molecule has 35 heavy (non-hydrogen) atoms. The lowest BCUT2D eigenvalue weighted by atomic mass is 10.0. The number of nitrogens with zero attached hydrogens (tertiary/aromatic N) is 1. The fourth-order valence-electron chi connectivity index (χ4n) is 3.67. The van der Waals surface area contributed by atoms with Crippen molar-refractivity contribution in [3.8, 4) is 11.5 Å². The maximum Gasteiger partial charge on any atom is 0.244 e. The number of nitrogens with one attached hydrogen (secondary N) is 1. The quantitative estimate of drug-likeness (QED) is 0.377. The van der Waals surface area contributed by atoms with Crippen molar-refractivity contribution in [1.82, 2.24) is 4.57 Å². The van der Waals surface area contributed by atoms with Crippen molar-refractivity contribution < 1.29 is 23.5 Å². The Bertz CT molecular complexity index is 1500. The molecule has 0 spiro atoms. The number of carbonyl (C=O) groups excluding carboxylic acids is 2. The molecule has 0 saturated heterocycles. The zero-order chi connectivity index (χ0) is 25.1. The average Bonchev–Trinajstić information content (AvgIpc) is 2.86. The van der Waals surface area contributed by atoms with E-state index >= 15 is 0 Å². The summed E-state index contributed by atoms with van der Waals surface area (Å²) >= 11 is 5.90. The maximum atomic E-state index is 14.0. The van der Waals surface area contributed by atoms with Gasteiger partial charge in [-0.3, -0.25) is 14.4 Å². The second-order valence-corrected chi connectivity index (χ2v) is 8.05. The highest BCUT2D eigenvalue weighted by Gasteiger charge is 2.19. The molecule has 0 aliphatic heterocycles. The Morgan fingerprint density at radius 2 is 1.74 bits per heavy atom. The zero-order valence-electron chi connectivity index (χ0n) is 18.8.